The average molecular weight is 426 g/mol. The molecule has 0 aliphatic heterocycles. The standard InChI is InChI=1S/C23H24FN3O2S/c1-15(2)19(16-8-4-3-5-9-16)13-25-21(28)12-17-14-30-23(26-17)27-22(29)18-10-6-7-11-20(18)24/h3-11,14-15,19H,12-13H2,1-2H3,(H,25,28)(H,26,27,29). The molecule has 1 aromatic heterocycles. The van der Waals surface area contributed by atoms with Crippen LogP contribution >= 0.6 is 11.3 Å². The number of rotatable bonds is 8. The van der Waals surface area contributed by atoms with Gasteiger partial charge in [-0.05, 0) is 23.6 Å². The minimum Gasteiger partial charge on any atom is -0.355 e. The van der Waals surface area contributed by atoms with Crippen molar-refractivity contribution in [2.24, 2.45) is 5.92 Å². The van der Waals surface area contributed by atoms with Gasteiger partial charge in [0.25, 0.3) is 5.91 Å². The zero-order valence-corrected chi connectivity index (χ0v) is 17.7. The van der Waals surface area contributed by atoms with Crippen LogP contribution in [0.5, 0.6) is 0 Å². The van der Waals surface area contributed by atoms with Gasteiger partial charge in [0.15, 0.2) is 5.13 Å². The maximum absolute atomic E-state index is 13.7. The van der Waals surface area contributed by atoms with Crippen LogP contribution in [-0.2, 0) is 11.2 Å². The predicted octanol–water partition coefficient (Wildman–Crippen LogP) is 4.63. The normalized spacial score (nSPS) is 11.9. The van der Waals surface area contributed by atoms with Crippen LogP contribution in [0.25, 0.3) is 0 Å². The summed E-state index contributed by atoms with van der Waals surface area (Å²) in [5.41, 5.74) is 1.70. The minimum absolute atomic E-state index is 0.0485. The molecule has 3 rings (SSSR count). The summed E-state index contributed by atoms with van der Waals surface area (Å²) in [6.07, 6.45) is 0.117. The van der Waals surface area contributed by atoms with Gasteiger partial charge in [0.05, 0.1) is 17.7 Å². The Kier molecular flexibility index (Phi) is 7.30. The Bertz CT molecular complexity index is 1000. The van der Waals surface area contributed by atoms with Crippen molar-refractivity contribution < 1.29 is 14.0 Å². The maximum atomic E-state index is 13.7. The van der Waals surface area contributed by atoms with Crippen LogP contribution in [0.15, 0.2) is 60.0 Å². The van der Waals surface area contributed by atoms with Gasteiger partial charge in [-0.2, -0.15) is 0 Å². The molecule has 2 N–H and O–H groups in total. The van der Waals surface area contributed by atoms with E-state index in [0.29, 0.717) is 23.3 Å². The van der Waals surface area contributed by atoms with E-state index in [4.69, 9.17) is 0 Å². The summed E-state index contributed by atoms with van der Waals surface area (Å²) in [6.45, 7) is 4.81. The molecule has 0 bridgehead atoms. The van der Waals surface area contributed by atoms with Crippen molar-refractivity contribution in [1.29, 1.82) is 0 Å². The van der Waals surface area contributed by atoms with Crippen molar-refractivity contribution in [2.45, 2.75) is 26.2 Å². The van der Waals surface area contributed by atoms with Crippen LogP contribution in [0.4, 0.5) is 9.52 Å². The zero-order valence-electron chi connectivity index (χ0n) is 16.9. The lowest BCUT2D eigenvalue weighted by molar-refractivity contribution is -0.120. The van der Waals surface area contributed by atoms with Gasteiger partial charge in [-0.15, -0.1) is 11.3 Å². The van der Waals surface area contributed by atoms with E-state index in [1.54, 1.807) is 11.4 Å². The number of halogens is 1. The summed E-state index contributed by atoms with van der Waals surface area (Å²) in [7, 11) is 0. The number of benzene rings is 2. The summed E-state index contributed by atoms with van der Waals surface area (Å²) < 4.78 is 13.7. The molecule has 156 valence electrons. The second-order valence-corrected chi connectivity index (χ2v) is 8.18. The summed E-state index contributed by atoms with van der Waals surface area (Å²) in [5.74, 6) is -0.687. The highest BCUT2D eigenvalue weighted by Crippen LogP contribution is 2.23. The van der Waals surface area contributed by atoms with Crippen LogP contribution in [0, 0.1) is 11.7 Å². The summed E-state index contributed by atoms with van der Waals surface area (Å²) in [6, 6.07) is 15.9. The monoisotopic (exact) mass is 425 g/mol. The van der Waals surface area contributed by atoms with Crippen molar-refractivity contribution in [1.82, 2.24) is 10.3 Å². The highest BCUT2D eigenvalue weighted by molar-refractivity contribution is 7.14. The number of anilines is 1. The first-order valence-electron chi connectivity index (χ1n) is 9.76. The minimum atomic E-state index is -0.593. The van der Waals surface area contributed by atoms with Crippen molar-refractivity contribution >= 4 is 28.3 Å². The Morgan fingerprint density at radius 2 is 1.77 bits per heavy atom. The third-order valence-corrected chi connectivity index (χ3v) is 5.59. The molecule has 1 heterocycles. The van der Waals surface area contributed by atoms with Crippen LogP contribution in [0.3, 0.4) is 0 Å². The van der Waals surface area contributed by atoms with Crippen molar-refractivity contribution in [3.8, 4) is 0 Å². The third kappa shape index (κ3) is 5.73. The Labute approximate surface area is 179 Å². The molecule has 0 aliphatic carbocycles. The lowest BCUT2D eigenvalue weighted by Gasteiger charge is -2.21. The molecule has 3 aromatic rings. The molecule has 0 fully saturated rings. The van der Waals surface area contributed by atoms with Crippen LogP contribution in [0.1, 0.15) is 41.4 Å². The van der Waals surface area contributed by atoms with Crippen molar-refractivity contribution in [3.05, 3.63) is 82.6 Å². The number of amides is 2. The van der Waals surface area contributed by atoms with Crippen LogP contribution in [-0.4, -0.2) is 23.3 Å². The Morgan fingerprint density at radius 3 is 2.47 bits per heavy atom. The van der Waals surface area contributed by atoms with Crippen molar-refractivity contribution in [2.75, 3.05) is 11.9 Å². The predicted molar refractivity (Wildman–Crippen MR) is 117 cm³/mol. The van der Waals surface area contributed by atoms with Gasteiger partial charge >= 0.3 is 0 Å². The number of hydrogen-bond acceptors (Lipinski definition) is 4. The van der Waals surface area contributed by atoms with E-state index in [9.17, 15) is 14.0 Å². The smallest absolute Gasteiger partial charge is 0.260 e. The molecule has 0 radical (unpaired) electrons. The fourth-order valence-electron chi connectivity index (χ4n) is 3.14. The van der Waals surface area contributed by atoms with E-state index >= 15 is 0 Å². The van der Waals surface area contributed by atoms with E-state index in [1.165, 1.54) is 35.1 Å². The second-order valence-electron chi connectivity index (χ2n) is 7.32. The SMILES string of the molecule is CC(C)C(CNC(=O)Cc1csc(NC(=O)c2ccccc2F)n1)c1ccccc1. The van der Waals surface area contributed by atoms with Crippen LogP contribution in [0.2, 0.25) is 0 Å². The molecule has 30 heavy (non-hydrogen) atoms. The number of carbonyl (C=O) groups excluding carboxylic acids is 2. The van der Waals surface area contributed by atoms with Gasteiger partial charge in [-0.3, -0.25) is 14.9 Å². The molecular weight excluding hydrogens is 401 g/mol. The first-order valence-corrected chi connectivity index (χ1v) is 10.6. The number of nitrogens with zero attached hydrogens (tertiary/aromatic N) is 1. The lowest BCUT2D eigenvalue weighted by atomic mass is 9.88. The molecule has 2 aromatic carbocycles. The van der Waals surface area contributed by atoms with E-state index in [-0.39, 0.29) is 23.8 Å². The topological polar surface area (TPSA) is 71.1 Å². The van der Waals surface area contributed by atoms with Gasteiger partial charge < -0.3 is 5.32 Å². The average Bonchev–Trinajstić information content (AvgIpc) is 3.15. The lowest BCUT2D eigenvalue weighted by Crippen LogP contribution is -2.31. The fourth-order valence-corrected chi connectivity index (χ4v) is 3.85. The largest absolute Gasteiger partial charge is 0.355 e. The number of hydrogen-bond donors (Lipinski definition) is 2. The number of thiazole rings is 1. The van der Waals surface area contributed by atoms with Crippen molar-refractivity contribution in [3.63, 3.8) is 0 Å². The van der Waals surface area contributed by atoms with E-state index in [1.807, 2.05) is 18.2 Å². The highest BCUT2D eigenvalue weighted by atomic mass is 32.1. The molecule has 0 spiro atoms. The maximum Gasteiger partial charge on any atom is 0.260 e. The quantitative estimate of drug-likeness (QED) is 0.553. The van der Waals surface area contributed by atoms with E-state index in [2.05, 4.69) is 41.6 Å². The molecule has 1 atom stereocenters. The number of aromatic nitrogens is 1. The Morgan fingerprint density at radius 1 is 1.07 bits per heavy atom. The van der Waals surface area contributed by atoms with Gasteiger partial charge in [-0.25, -0.2) is 9.37 Å². The second kappa shape index (κ2) is 10.1. The fraction of sp³-hybridized carbons (Fsp3) is 0.261. The molecule has 0 saturated heterocycles. The molecule has 1 unspecified atom stereocenters. The first-order chi connectivity index (χ1) is 14.4. The number of nitrogens with one attached hydrogen (secondary N) is 2. The Balaban J connectivity index is 1.54. The Hall–Kier alpha value is -3.06. The van der Waals surface area contributed by atoms with Gasteiger partial charge in [0.1, 0.15) is 5.82 Å². The molecule has 7 heteroatoms. The highest BCUT2D eigenvalue weighted by Gasteiger charge is 2.18. The molecule has 0 aliphatic rings. The summed E-state index contributed by atoms with van der Waals surface area (Å²) in [4.78, 5) is 28.8. The van der Waals surface area contributed by atoms with E-state index < -0.39 is 11.7 Å². The van der Waals surface area contributed by atoms with E-state index in [0.717, 1.165) is 0 Å². The van der Waals surface area contributed by atoms with Gasteiger partial charge in [-0.1, -0.05) is 56.3 Å². The molecule has 5 nitrogen and oxygen atoms in total. The number of carbonyl (C=O) groups is 2. The third-order valence-electron chi connectivity index (χ3n) is 4.78. The molecular formula is C23H24FN3O2S. The molecule has 2 amide bonds. The summed E-state index contributed by atoms with van der Waals surface area (Å²) >= 11 is 1.20. The first kappa shape index (κ1) is 21.6. The molecule has 0 saturated carbocycles. The van der Waals surface area contributed by atoms with Crippen LogP contribution < -0.4 is 10.6 Å². The zero-order chi connectivity index (χ0) is 21.5. The van der Waals surface area contributed by atoms with Gasteiger partial charge in [0.2, 0.25) is 5.91 Å². The van der Waals surface area contributed by atoms with Gasteiger partial charge in [0, 0.05) is 17.8 Å². The summed E-state index contributed by atoms with van der Waals surface area (Å²) in [5, 5.41) is 7.60.